The minimum absolute atomic E-state index is 0.255. The Labute approximate surface area is 215 Å². The minimum atomic E-state index is -0.636. The SMILES string of the molecule is COC(=O)c1ccc(CN(Cc2cc(F)cc(F)c2)c2ccc(CC#N)cc2)cc1-c1ccccc1C. The second kappa shape index (κ2) is 11.5. The molecule has 0 aliphatic carbocycles. The molecular weight excluding hydrogens is 470 g/mol. The molecule has 0 heterocycles. The maximum atomic E-state index is 13.9. The molecule has 0 aliphatic rings. The van der Waals surface area contributed by atoms with Crippen LogP contribution in [0.5, 0.6) is 0 Å². The van der Waals surface area contributed by atoms with Crippen molar-refractivity contribution >= 4 is 11.7 Å². The highest BCUT2D eigenvalue weighted by Gasteiger charge is 2.17. The van der Waals surface area contributed by atoms with Gasteiger partial charge in [-0.05, 0) is 76.7 Å². The van der Waals surface area contributed by atoms with E-state index in [2.05, 4.69) is 6.07 Å². The molecule has 6 heteroatoms. The van der Waals surface area contributed by atoms with Gasteiger partial charge in [0.25, 0.3) is 0 Å². The van der Waals surface area contributed by atoms with E-state index in [1.54, 1.807) is 6.07 Å². The van der Waals surface area contributed by atoms with Gasteiger partial charge in [-0.15, -0.1) is 0 Å². The van der Waals surface area contributed by atoms with Gasteiger partial charge in [-0.1, -0.05) is 42.5 Å². The van der Waals surface area contributed by atoms with Gasteiger partial charge in [0, 0.05) is 24.8 Å². The average Bonchev–Trinajstić information content (AvgIpc) is 2.88. The van der Waals surface area contributed by atoms with Crippen LogP contribution in [0.1, 0.15) is 32.6 Å². The molecule has 0 N–H and O–H groups in total. The monoisotopic (exact) mass is 496 g/mol. The van der Waals surface area contributed by atoms with Crippen molar-refractivity contribution in [2.24, 2.45) is 0 Å². The summed E-state index contributed by atoms with van der Waals surface area (Å²) in [6.45, 7) is 2.65. The maximum Gasteiger partial charge on any atom is 0.338 e. The molecule has 0 fully saturated rings. The molecule has 4 aromatic rings. The number of halogens is 2. The standard InChI is InChI=1S/C31H26F2N2O2/c1-21-5-3-4-6-28(21)30-17-23(9-12-29(30)31(36)37-2)19-35(20-24-15-25(32)18-26(33)16-24)27-10-7-22(8-11-27)13-14-34/h3-12,15-18H,13,19-20H2,1-2H3. The molecule has 0 amide bonds. The molecule has 0 radical (unpaired) electrons. The number of benzene rings is 4. The number of rotatable bonds is 8. The van der Waals surface area contributed by atoms with Crippen LogP contribution in [0.3, 0.4) is 0 Å². The van der Waals surface area contributed by atoms with Crippen LogP contribution in [0.2, 0.25) is 0 Å². The summed E-state index contributed by atoms with van der Waals surface area (Å²) in [5.41, 5.74) is 6.26. The van der Waals surface area contributed by atoms with Crippen LogP contribution in [0.4, 0.5) is 14.5 Å². The van der Waals surface area contributed by atoms with Crippen LogP contribution in [-0.2, 0) is 24.2 Å². The molecule has 4 nitrogen and oxygen atoms in total. The van der Waals surface area contributed by atoms with Crippen molar-refractivity contribution in [3.8, 4) is 17.2 Å². The van der Waals surface area contributed by atoms with Crippen LogP contribution in [-0.4, -0.2) is 13.1 Å². The fourth-order valence-corrected chi connectivity index (χ4v) is 4.37. The third-order valence-corrected chi connectivity index (χ3v) is 6.18. The molecule has 4 rings (SSSR count). The number of anilines is 1. The topological polar surface area (TPSA) is 53.3 Å². The Hall–Kier alpha value is -4.50. The Morgan fingerprint density at radius 2 is 1.49 bits per heavy atom. The lowest BCUT2D eigenvalue weighted by atomic mass is 9.94. The second-order valence-electron chi connectivity index (χ2n) is 8.82. The Balaban J connectivity index is 1.75. The van der Waals surface area contributed by atoms with E-state index in [1.165, 1.54) is 19.2 Å². The molecule has 0 aliphatic heterocycles. The Bertz CT molecular complexity index is 1440. The Morgan fingerprint density at radius 1 is 0.838 bits per heavy atom. The summed E-state index contributed by atoms with van der Waals surface area (Å²) in [5.74, 6) is -1.70. The zero-order chi connectivity index (χ0) is 26.4. The summed E-state index contributed by atoms with van der Waals surface area (Å²) in [6.07, 6.45) is 0.296. The Morgan fingerprint density at radius 3 is 2.14 bits per heavy atom. The summed E-state index contributed by atoms with van der Waals surface area (Å²) < 4.78 is 32.9. The molecule has 0 aromatic heterocycles. The molecule has 0 saturated carbocycles. The summed E-state index contributed by atoms with van der Waals surface area (Å²) in [4.78, 5) is 14.5. The first kappa shape index (κ1) is 25.6. The van der Waals surface area contributed by atoms with Crippen LogP contribution >= 0.6 is 0 Å². The van der Waals surface area contributed by atoms with Crippen molar-refractivity contribution in [1.29, 1.82) is 5.26 Å². The van der Waals surface area contributed by atoms with Gasteiger partial charge in [0.1, 0.15) is 11.6 Å². The first-order chi connectivity index (χ1) is 17.9. The second-order valence-corrected chi connectivity index (χ2v) is 8.82. The highest BCUT2D eigenvalue weighted by Crippen LogP contribution is 2.30. The zero-order valence-corrected chi connectivity index (χ0v) is 20.7. The van der Waals surface area contributed by atoms with Crippen LogP contribution in [0.25, 0.3) is 11.1 Å². The van der Waals surface area contributed by atoms with E-state index in [0.29, 0.717) is 24.1 Å². The fourth-order valence-electron chi connectivity index (χ4n) is 4.37. The number of hydrogen-bond donors (Lipinski definition) is 0. The molecule has 186 valence electrons. The molecule has 4 aromatic carbocycles. The number of nitriles is 1. The summed E-state index contributed by atoms with van der Waals surface area (Å²) in [5, 5.41) is 8.99. The third-order valence-electron chi connectivity index (χ3n) is 6.18. The first-order valence-electron chi connectivity index (χ1n) is 11.8. The van der Waals surface area contributed by atoms with E-state index < -0.39 is 17.6 Å². The molecule has 0 bridgehead atoms. The van der Waals surface area contributed by atoms with Crippen molar-refractivity contribution in [1.82, 2.24) is 0 Å². The number of carbonyl (C=O) groups excluding carboxylic acids is 1. The van der Waals surface area contributed by atoms with Crippen molar-refractivity contribution in [2.75, 3.05) is 12.0 Å². The number of carbonyl (C=O) groups is 1. The van der Waals surface area contributed by atoms with Crippen molar-refractivity contribution in [2.45, 2.75) is 26.4 Å². The number of hydrogen-bond acceptors (Lipinski definition) is 4. The average molecular weight is 497 g/mol. The number of esters is 1. The van der Waals surface area contributed by atoms with Gasteiger partial charge in [-0.25, -0.2) is 13.6 Å². The van der Waals surface area contributed by atoms with Gasteiger partial charge in [0.05, 0.1) is 25.2 Å². The zero-order valence-electron chi connectivity index (χ0n) is 20.7. The van der Waals surface area contributed by atoms with Gasteiger partial charge in [-0.2, -0.15) is 5.26 Å². The molecule has 0 unspecified atom stereocenters. The highest BCUT2D eigenvalue weighted by atomic mass is 19.1. The predicted octanol–water partition coefficient (Wildman–Crippen LogP) is 7.00. The largest absolute Gasteiger partial charge is 0.465 e. The van der Waals surface area contributed by atoms with Gasteiger partial charge < -0.3 is 9.64 Å². The van der Waals surface area contributed by atoms with Crippen molar-refractivity contribution < 1.29 is 18.3 Å². The van der Waals surface area contributed by atoms with E-state index in [-0.39, 0.29) is 6.54 Å². The summed E-state index contributed by atoms with van der Waals surface area (Å²) >= 11 is 0. The molecule has 37 heavy (non-hydrogen) atoms. The fraction of sp³-hybridized carbons (Fsp3) is 0.161. The number of nitrogens with zero attached hydrogens (tertiary/aromatic N) is 2. The third kappa shape index (κ3) is 6.20. The lowest BCUT2D eigenvalue weighted by Crippen LogP contribution is -2.22. The first-order valence-corrected chi connectivity index (χ1v) is 11.8. The normalized spacial score (nSPS) is 10.6. The number of ether oxygens (including phenoxy) is 1. The lowest BCUT2D eigenvalue weighted by molar-refractivity contribution is 0.0601. The number of aryl methyl sites for hydroxylation is 1. The molecule has 0 atom stereocenters. The van der Waals surface area contributed by atoms with E-state index in [9.17, 15) is 13.6 Å². The lowest BCUT2D eigenvalue weighted by Gasteiger charge is -2.26. The molecular formula is C31H26F2N2O2. The van der Waals surface area contributed by atoms with Gasteiger partial charge in [0.2, 0.25) is 0 Å². The van der Waals surface area contributed by atoms with Gasteiger partial charge in [0.15, 0.2) is 0 Å². The number of methoxy groups -OCH3 is 1. The quantitative estimate of drug-likeness (QED) is 0.247. The van der Waals surface area contributed by atoms with Crippen LogP contribution in [0.15, 0.2) is 84.9 Å². The minimum Gasteiger partial charge on any atom is -0.465 e. The maximum absolute atomic E-state index is 13.9. The van der Waals surface area contributed by atoms with E-state index >= 15 is 0 Å². The van der Waals surface area contributed by atoms with Crippen LogP contribution in [0, 0.1) is 29.9 Å². The van der Waals surface area contributed by atoms with E-state index in [0.717, 1.165) is 39.6 Å². The molecule has 0 saturated heterocycles. The predicted molar refractivity (Wildman–Crippen MR) is 140 cm³/mol. The van der Waals surface area contributed by atoms with Gasteiger partial charge >= 0.3 is 5.97 Å². The van der Waals surface area contributed by atoms with Crippen molar-refractivity contribution in [3.63, 3.8) is 0 Å². The smallest absolute Gasteiger partial charge is 0.338 e. The Kier molecular flexibility index (Phi) is 7.95. The highest BCUT2D eigenvalue weighted by molar-refractivity contribution is 5.97. The summed E-state index contributed by atoms with van der Waals surface area (Å²) in [7, 11) is 1.35. The van der Waals surface area contributed by atoms with Gasteiger partial charge in [-0.3, -0.25) is 0 Å². The molecule has 0 spiro atoms. The van der Waals surface area contributed by atoms with E-state index in [1.807, 2.05) is 72.5 Å². The van der Waals surface area contributed by atoms with Crippen molar-refractivity contribution in [3.05, 3.63) is 124 Å². The van der Waals surface area contributed by atoms with Crippen LogP contribution < -0.4 is 4.90 Å². The summed E-state index contributed by atoms with van der Waals surface area (Å²) in [6, 6.07) is 26.5. The van der Waals surface area contributed by atoms with E-state index in [4.69, 9.17) is 10.00 Å².